The van der Waals surface area contributed by atoms with Crippen molar-refractivity contribution in [3.05, 3.63) is 29.8 Å². The van der Waals surface area contributed by atoms with E-state index < -0.39 is 0 Å². The minimum absolute atomic E-state index is 0.141. The molecule has 0 aliphatic carbocycles. The smallest absolute Gasteiger partial charge is 0.218 e. The van der Waals surface area contributed by atoms with Crippen LogP contribution in [0, 0.1) is 0 Å². The third-order valence-corrected chi connectivity index (χ3v) is 2.17. The van der Waals surface area contributed by atoms with E-state index in [9.17, 15) is 4.79 Å². The second-order valence-corrected chi connectivity index (χ2v) is 3.35. The van der Waals surface area contributed by atoms with Crippen LogP contribution in [0.15, 0.2) is 24.3 Å². The van der Waals surface area contributed by atoms with E-state index in [2.05, 4.69) is 0 Å². The van der Waals surface area contributed by atoms with E-state index in [-0.39, 0.29) is 11.8 Å². The number of rotatable bonds is 4. The molecule has 3 nitrogen and oxygen atoms in total. The molecule has 0 heterocycles. The number of carbonyl (C=O) groups is 1. The maximum absolute atomic E-state index is 10.7. The third kappa shape index (κ3) is 2.76. The summed E-state index contributed by atoms with van der Waals surface area (Å²) in [5, 5.41) is 0. The zero-order valence-corrected chi connectivity index (χ0v) is 8.49. The Morgan fingerprint density at radius 3 is 2.86 bits per heavy atom. The molecule has 0 unspecified atom stereocenters. The highest BCUT2D eigenvalue weighted by molar-refractivity contribution is 5.74. The number of ether oxygens (including phenoxy) is 1. The summed E-state index contributed by atoms with van der Waals surface area (Å²) in [6.45, 7) is 1.97. The molecular weight excluding hydrogens is 178 g/mol. The van der Waals surface area contributed by atoms with Crippen molar-refractivity contribution in [2.24, 2.45) is 5.73 Å². The molecule has 0 saturated heterocycles. The molecule has 0 aliphatic rings. The molecule has 0 radical (unpaired) electrons. The van der Waals surface area contributed by atoms with Gasteiger partial charge in [-0.25, -0.2) is 0 Å². The first kappa shape index (κ1) is 10.6. The van der Waals surface area contributed by atoms with Crippen LogP contribution < -0.4 is 10.5 Å². The SMILES string of the molecule is COc1cccc([C@H](C)CC(N)=O)c1. The monoisotopic (exact) mass is 193 g/mol. The summed E-state index contributed by atoms with van der Waals surface area (Å²) in [5.41, 5.74) is 6.20. The molecule has 0 aromatic heterocycles. The van der Waals surface area contributed by atoms with Gasteiger partial charge in [-0.2, -0.15) is 0 Å². The normalized spacial score (nSPS) is 12.1. The van der Waals surface area contributed by atoms with Crippen LogP contribution in [0.25, 0.3) is 0 Å². The molecule has 1 rings (SSSR count). The van der Waals surface area contributed by atoms with Gasteiger partial charge in [0.1, 0.15) is 5.75 Å². The minimum Gasteiger partial charge on any atom is -0.497 e. The molecule has 76 valence electrons. The molecular formula is C11H15NO2. The molecule has 0 saturated carbocycles. The number of hydrogen-bond donors (Lipinski definition) is 1. The number of nitrogens with two attached hydrogens (primary N) is 1. The van der Waals surface area contributed by atoms with Crippen molar-refractivity contribution in [1.82, 2.24) is 0 Å². The highest BCUT2D eigenvalue weighted by Gasteiger charge is 2.08. The van der Waals surface area contributed by atoms with Gasteiger partial charge in [-0.1, -0.05) is 19.1 Å². The van der Waals surface area contributed by atoms with E-state index in [4.69, 9.17) is 10.5 Å². The van der Waals surface area contributed by atoms with Crippen LogP contribution >= 0.6 is 0 Å². The fourth-order valence-electron chi connectivity index (χ4n) is 1.37. The van der Waals surface area contributed by atoms with E-state index >= 15 is 0 Å². The highest BCUT2D eigenvalue weighted by atomic mass is 16.5. The summed E-state index contributed by atoms with van der Waals surface area (Å²) in [4.78, 5) is 10.7. The predicted octanol–water partition coefficient (Wildman–Crippen LogP) is 1.67. The lowest BCUT2D eigenvalue weighted by atomic mass is 9.97. The minimum atomic E-state index is -0.277. The summed E-state index contributed by atoms with van der Waals surface area (Å²) in [6.07, 6.45) is 0.368. The topological polar surface area (TPSA) is 52.3 Å². The van der Waals surface area contributed by atoms with E-state index in [1.807, 2.05) is 31.2 Å². The van der Waals surface area contributed by atoms with Crippen LogP contribution in [-0.2, 0) is 4.79 Å². The standard InChI is InChI=1S/C11H15NO2/c1-8(6-11(12)13)9-4-3-5-10(7-9)14-2/h3-5,7-8H,6H2,1-2H3,(H2,12,13)/t8-/m1/s1. The Morgan fingerprint density at radius 1 is 1.57 bits per heavy atom. The summed E-state index contributed by atoms with van der Waals surface area (Å²) in [6, 6.07) is 7.68. The van der Waals surface area contributed by atoms with Crippen LogP contribution in [0.4, 0.5) is 0 Å². The van der Waals surface area contributed by atoms with Crippen molar-refractivity contribution in [3.8, 4) is 5.75 Å². The Bertz CT molecular complexity index is 323. The summed E-state index contributed by atoms with van der Waals surface area (Å²) in [7, 11) is 1.62. The molecule has 1 atom stereocenters. The lowest BCUT2D eigenvalue weighted by molar-refractivity contribution is -0.118. The van der Waals surface area contributed by atoms with Crippen molar-refractivity contribution in [3.63, 3.8) is 0 Å². The first-order chi connectivity index (χ1) is 6.63. The van der Waals surface area contributed by atoms with E-state index in [0.29, 0.717) is 6.42 Å². The zero-order valence-electron chi connectivity index (χ0n) is 8.49. The van der Waals surface area contributed by atoms with Crippen molar-refractivity contribution < 1.29 is 9.53 Å². The Morgan fingerprint density at radius 2 is 2.29 bits per heavy atom. The maximum atomic E-state index is 10.7. The second-order valence-electron chi connectivity index (χ2n) is 3.35. The van der Waals surface area contributed by atoms with Crippen LogP contribution in [0.1, 0.15) is 24.8 Å². The van der Waals surface area contributed by atoms with E-state index in [1.54, 1.807) is 7.11 Å². The van der Waals surface area contributed by atoms with Crippen molar-refractivity contribution in [2.45, 2.75) is 19.3 Å². The third-order valence-electron chi connectivity index (χ3n) is 2.17. The van der Waals surface area contributed by atoms with E-state index in [0.717, 1.165) is 11.3 Å². The molecule has 1 amide bonds. The molecule has 0 aliphatic heterocycles. The van der Waals surface area contributed by atoms with Gasteiger partial charge in [-0.3, -0.25) is 4.79 Å². The lowest BCUT2D eigenvalue weighted by Gasteiger charge is -2.10. The van der Waals surface area contributed by atoms with Gasteiger partial charge in [0, 0.05) is 6.42 Å². The van der Waals surface area contributed by atoms with Gasteiger partial charge in [-0.15, -0.1) is 0 Å². The van der Waals surface area contributed by atoms with Crippen LogP contribution in [0.5, 0.6) is 5.75 Å². The van der Waals surface area contributed by atoms with Gasteiger partial charge in [-0.05, 0) is 23.6 Å². The fraction of sp³-hybridized carbons (Fsp3) is 0.364. The van der Waals surface area contributed by atoms with Gasteiger partial charge >= 0.3 is 0 Å². The molecule has 2 N–H and O–H groups in total. The summed E-state index contributed by atoms with van der Waals surface area (Å²) < 4.78 is 5.09. The quantitative estimate of drug-likeness (QED) is 0.790. The van der Waals surface area contributed by atoms with Gasteiger partial charge in [0.15, 0.2) is 0 Å². The van der Waals surface area contributed by atoms with E-state index in [1.165, 1.54) is 0 Å². The lowest BCUT2D eigenvalue weighted by Crippen LogP contribution is -2.13. The second kappa shape index (κ2) is 4.65. The van der Waals surface area contributed by atoms with Gasteiger partial charge < -0.3 is 10.5 Å². The largest absolute Gasteiger partial charge is 0.497 e. The summed E-state index contributed by atoms with van der Waals surface area (Å²) >= 11 is 0. The van der Waals surface area contributed by atoms with Gasteiger partial charge in [0.2, 0.25) is 5.91 Å². The number of carbonyl (C=O) groups excluding carboxylic acids is 1. The first-order valence-electron chi connectivity index (χ1n) is 4.55. The molecule has 0 bridgehead atoms. The Hall–Kier alpha value is -1.51. The van der Waals surface area contributed by atoms with Crippen molar-refractivity contribution in [2.75, 3.05) is 7.11 Å². The average Bonchev–Trinajstić information content (AvgIpc) is 2.17. The van der Waals surface area contributed by atoms with Crippen molar-refractivity contribution in [1.29, 1.82) is 0 Å². The Labute approximate surface area is 83.9 Å². The molecule has 0 spiro atoms. The number of hydrogen-bond acceptors (Lipinski definition) is 2. The molecule has 0 fully saturated rings. The summed E-state index contributed by atoms with van der Waals surface area (Å²) in [5.74, 6) is 0.668. The predicted molar refractivity (Wildman–Crippen MR) is 55.2 cm³/mol. The molecule has 1 aromatic carbocycles. The van der Waals surface area contributed by atoms with Crippen LogP contribution in [-0.4, -0.2) is 13.0 Å². The number of methoxy groups -OCH3 is 1. The first-order valence-corrected chi connectivity index (χ1v) is 4.55. The molecule has 1 aromatic rings. The van der Waals surface area contributed by atoms with Crippen LogP contribution in [0.2, 0.25) is 0 Å². The maximum Gasteiger partial charge on any atom is 0.218 e. The van der Waals surface area contributed by atoms with Crippen LogP contribution in [0.3, 0.4) is 0 Å². The number of amides is 1. The fourth-order valence-corrected chi connectivity index (χ4v) is 1.37. The number of benzene rings is 1. The Balaban J connectivity index is 2.78. The van der Waals surface area contributed by atoms with Gasteiger partial charge in [0.25, 0.3) is 0 Å². The van der Waals surface area contributed by atoms with Gasteiger partial charge in [0.05, 0.1) is 7.11 Å². The average molecular weight is 193 g/mol. The Kier molecular flexibility index (Phi) is 3.51. The zero-order chi connectivity index (χ0) is 10.6. The highest BCUT2D eigenvalue weighted by Crippen LogP contribution is 2.22. The molecule has 14 heavy (non-hydrogen) atoms. The molecule has 3 heteroatoms. The number of primary amides is 1. The van der Waals surface area contributed by atoms with Crippen molar-refractivity contribution >= 4 is 5.91 Å².